The lowest BCUT2D eigenvalue weighted by molar-refractivity contribution is -0.118. The molecule has 0 fully saturated rings. The highest BCUT2D eigenvalue weighted by Gasteiger charge is 2.25. The number of carbonyl (C=O) groups is 2. The van der Waals surface area contributed by atoms with Crippen LogP contribution in [-0.2, 0) is 16.0 Å². The smallest absolute Gasteiger partial charge is 0.408 e. The number of ether oxygens (including phenoxy) is 1. The molecule has 2 amide bonds. The fourth-order valence-electron chi connectivity index (χ4n) is 4.43. The summed E-state index contributed by atoms with van der Waals surface area (Å²) in [5, 5.41) is 14.0. The average molecular weight is 538 g/mol. The minimum absolute atomic E-state index is 0.287. The van der Waals surface area contributed by atoms with Gasteiger partial charge in [-0.05, 0) is 63.1 Å². The van der Waals surface area contributed by atoms with Crippen molar-refractivity contribution >= 4 is 28.6 Å². The number of hydrogen-bond acceptors (Lipinski definition) is 6. The van der Waals surface area contributed by atoms with Crippen molar-refractivity contribution in [3.8, 4) is 22.4 Å². The molecule has 9 heteroatoms. The number of amides is 2. The molecule has 0 spiro atoms. The van der Waals surface area contributed by atoms with Crippen LogP contribution in [0.25, 0.3) is 33.3 Å². The number of benzene rings is 2. The molecule has 3 aromatic heterocycles. The van der Waals surface area contributed by atoms with Gasteiger partial charge in [0.15, 0.2) is 0 Å². The molecule has 0 unspecified atom stereocenters. The number of pyridine rings is 1. The van der Waals surface area contributed by atoms with E-state index in [4.69, 9.17) is 9.15 Å². The van der Waals surface area contributed by atoms with E-state index in [0.29, 0.717) is 11.4 Å². The predicted octanol–water partition coefficient (Wildman–Crippen LogP) is 6.27. The second-order valence-corrected chi connectivity index (χ2v) is 10.6. The molecule has 1 atom stereocenters. The Hall–Kier alpha value is -4.92. The van der Waals surface area contributed by atoms with Crippen molar-refractivity contribution in [2.24, 2.45) is 0 Å². The van der Waals surface area contributed by atoms with Crippen molar-refractivity contribution in [1.82, 2.24) is 20.5 Å². The SMILES string of the molecule is Cc1[nH]nc2ccc(-c3cc(NC(=O)[C@H](Cc4ccccc4)NC(=O)OC(C)(C)C)cnc3-c3ccoc3)cc12. The molecule has 5 rings (SSSR count). The van der Waals surface area contributed by atoms with Gasteiger partial charge in [0.25, 0.3) is 0 Å². The zero-order valence-corrected chi connectivity index (χ0v) is 22.8. The Balaban J connectivity index is 1.47. The van der Waals surface area contributed by atoms with E-state index >= 15 is 0 Å². The number of aryl methyl sites for hydroxylation is 1. The molecule has 2 aromatic carbocycles. The molecule has 204 valence electrons. The van der Waals surface area contributed by atoms with Gasteiger partial charge in [0.1, 0.15) is 11.6 Å². The molecule has 5 aromatic rings. The third-order valence-corrected chi connectivity index (χ3v) is 6.30. The van der Waals surface area contributed by atoms with E-state index in [1.165, 1.54) is 0 Å². The molecule has 3 heterocycles. The number of anilines is 1. The molecule has 0 aliphatic carbocycles. The minimum Gasteiger partial charge on any atom is -0.472 e. The van der Waals surface area contributed by atoms with Crippen LogP contribution in [0.2, 0.25) is 0 Å². The molecular formula is C31H31N5O4. The summed E-state index contributed by atoms with van der Waals surface area (Å²) in [5.41, 5.74) is 5.73. The Morgan fingerprint density at radius 1 is 1.05 bits per heavy atom. The molecule has 3 N–H and O–H groups in total. The summed E-state index contributed by atoms with van der Waals surface area (Å²) < 4.78 is 10.7. The minimum atomic E-state index is -0.876. The topological polar surface area (TPSA) is 122 Å². The monoisotopic (exact) mass is 537 g/mol. The van der Waals surface area contributed by atoms with Gasteiger partial charge in [0.05, 0.1) is 35.6 Å². The van der Waals surface area contributed by atoms with Crippen LogP contribution in [0.15, 0.2) is 83.8 Å². The number of nitrogens with one attached hydrogen (secondary N) is 3. The number of H-pyrrole nitrogens is 1. The largest absolute Gasteiger partial charge is 0.472 e. The first-order valence-corrected chi connectivity index (χ1v) is 13.0. The van der Waals surface area contributed by atoms with Gasteiger partial charge in [-0.1, -0.05) is 36.4 Å². The van der Waals surface area contributed by atoms with E-state index in [0.717, 1.165) is 38.9 Å². The number of aromatic nitrogens is 3. The number of alkyl carbamates (subject to hydrolysis) is 1. The van der Waals surface area contributed by atoms with Gasteiger partial charge < -0.3 is 19.8 Å². The second-order valence-electron chi connectivity index (χ2n) is 10.6. The van der Waals surface area contributed by atoms with E-state index in [2.05, 4.69) is 25.8 Å². The van der Waals surface area contributed by atoms with Crippen LogP contribution in [0.4, 0.5) is 10.5 Å². The van der Waals surface area contributed by atoms with Crippen molar-refractivity contribution in [3.05, 3.63) is 90.6 Å². The Kier molecular flexibility index (Phi) is 7.37. The van der Waals surface area contributed by atoms with Crippen LogP contribution in [0.3, 0.4) is 0 Å². The molecule has 0 aliphatic rings. The highest BCUT2D eigenvalue weighted by Crippen LogP contribution is 2.34. The van der Waals surface area contributed by atoms with Gasteiger partial charge in [-0.2, -0.15) is 5.10 Å². The fraction of sp³-hybridized carbons (Fsp3) is 0.226. The summed E-state index contributed by atoms with van der Waals surface area (Å²) in [5.74, 6) is -0.389. The van der Waals surface area contributed by atoms with E-state index < -0.39 is 17.7 Å². The number of carbonyl (C=O) groups excluding carboxylic acids is 2. The van der Waals surface area contributed by atoms with Crippen LogP contribution < -0.4 is 10.6 Å². The van der Waals surface area contributed by atoms with E-state index in [1.54, 1.807) is 39.5 Å². The molecule has 40 heavy (non-hydrogen) atoms. The van der Waals surface area contributed by atoms with E-state index in [-0.39, 0.29) is 12.3 Å². The second kappa shape index (κ2) is 11.1. The number of rotatable bonds is 7. The van der Waals surface area contributed by atoms with Crippen LogP contribution in [0.1, 0.15) is 32.0 Å². The number of furan rings is 1. The number of fused-ring (bicyclic) bond motifs is 1. The van der Waals surface area contributed by atoms with Crippen molar-refractivity contribution in [1.29, 1.82) is 0 Å². The summed E-state index contributed by atoms with van der Waals surface area (Å²) >= 11 is 0. The Bertz CT molecular complexity index is 1640. The summed E-state index contributed by atoms with van der Waals surface area (Å²) in [6.45, 7) is 7.29. The lowest BCUT2D eigenvalue weighted by Crippen LogP contribution is -2.47. The van der Waals surface area contributed by atoms with Crippen LogP contribution in [0.5, 0.6) is 0 Å². The van der Waals surface area contributed by atoms with Gasteiger partial charge >= 0.3 is 6.09 Å². The van der Waals surface area contributed by atoms with Crippen LogP contribution in [-0.4, -0.2) is 38.8 Å². The maximum atomic E-state index is 13.5. The molecule has 0 radical (unpaired) electrons. The zero-order chi connectivity index (χ0) is 28.3. The number of aromatic amines is 1. The van der Waals surface area contributed by atoms with Crippen LogP contribution in [0, 0.1) is 6.92 Å². The van der Waals surface area contributed by atoms with Crippen molar-refractivity contribution in [2.75, 3.05) is 5.32 Å². The van der Waals surface area contributed by atoms with Crippen molar-refractivity contribution < 1.29 is 18.7 Å². The van der Waals surface area contributed by atoms with Gasteiger partial charge in [-0.3, -0.25) is 14.9 Å². The van der Waals surface area contributed by atoms with E-state index in [9.17, 15) is 9.59 Å². The Morgan fingerprint density at radius 3 is 2.58 bits per heavy atom. The first kappa shape index (κ1) is 26.7. The van der Waals surface area contributed by atoms with Crippen molar-refractivity contribution in [3.63, 3.8) is 0 Å². The average Bonchev–Trinajstić information content (AvgIpc) is 3.58. The summed E-state index contributed by atoms with van der Waals surface area (Å²) in [6, 6.07) is 18.3. The number of hydrogen-bond donors (Lipinski definition) is 3. The molecule has 0 bridgehead atoms. The Morgan fingerprint density at radius 2 is 1.85 bits per heavy atom. The highest BCUT2D eigenvalue weighted by atomic mass is 16.6. The predicted molar refractivity (Wildman–Crippen MR) is 154 cm³/mol. The van der Waals surface area contributed by atoms with Gasteiger partial charge in [-0.25, -0.2) is 4.79 Å². The van der Waals surface area contributed by atoms with Gasteiger partial charge in [0.2, 0.25) is 5.91 Å². The van der Waals surface area contributed by atoms with Gasteiger partial charge in [-0.15, -0.1) is 0 Å². The third-order valence-electron chi connectivity index (χ3n) is 6.30. The lowest BCUT2D eigenvalue weighted by atomic mass is 9.98. The first-order chi connectivity index (χ1) is 19.2. The van der Waals surface area contributed by atoms with Crippen LogP contribution >= 0.6 is 0 Å². The molecule has 9 nitrogen and oxygen atoms in total. The Labute approximate surface area is 232 Å². The first-order valence-electron chi connectivity index (χ1n) is 13.0. The summed E-state index contributed by atoms with van der Waals surface area (Å²) in [4.78, 5) is 30.8. The molecule has 0 aliphatic heterocycles. The standard InChI is InChI=1S/C31H31N5O4/c1-19-24-15-21(10-11-26(24)36-35-19)25-16-23(17-32-28(25)22-12-13-39-18-22)33-29(37)27(14-20-8-6-5-7-9-20)34-30(38)40-31(2,3)4/h5-13,15-18,27H,14H2,1-4H3,(H,33,37)(H,34,38)(H,35,36)/t27-/m0/s1. The maximum Gasteiger partial charge on any atom is 0.408 e. The maximum absolute atomic E-state index is 13.5. The molecular weight excluding hydrogens is 506 g/mol. The van der Waals surface area contributed by atoms with E-state index in [1.807, 2.05) is 67.6 Å². The lowest BCUT2D eigenvalue weighted by Gasteiger charge is -2.23. The third kappa shape index (κ3) is 6.20. The zero-order valence-electron chi connectivity index (χ0n) is 22.8. The van der Waals surface area contributed by atoms with Gasteiger partial charge in [0, 0.05) is 28.6 Å². The summed E-state index contributed by atoms with van der Waals surface area (Å²) in [6.07, 6.45) is 4.44. The highest BCUT2D eigenvalue weighted by molar-refractivity contribution is 5.98. The molecule has 0 saturated carbocycles. The normalized spacial score (nSPS) is 12.2. The molecule has 0 saturated heterocycles. The van der Waals surface area contributed by atoms with Crippen molar-refractivity contribution in [2.45, 2.75) is 45.8 Å². The summed E-state index contributed by atoms with van der Waals surface area (Å²) in [7, 11) is 0. The quantitative estimate of drug-likeness (QED) is 0.225. The number of nitrogens with zero attached hydrogens (tertiary/aromatic N) is 2. The fourth-order valence-corrected chi connectivity index (χ4v) is 4.43.